The summed E-state index contributed by atoms with van der Waals surface area (Å²) in [5.74, 6) is -2.23. The van der Waals surface area contributed by atoms with Crippen LogP contribution < -0.4 is 9.46 Å². The van der Waals surface area contributed by atoms with Gasteiger partial charge in [0.1, 0.15) is 16.5 Å². The first-order valence-corrected chi connectivity index (χ1v) is 13.6. The van der Waals surface area contributed by atoms with Crippen LogP contribution in [0.15, 0.2) is 53.1 Å². The third kappa shape index (κ3) is 4.91. The summed E-state index contributed by atoms with van der Waals surface area (Å²) in [6, 6.07) is 4.63. The molecule has 0 saturated carbocycles. The zero-order valence-corrected chi connectivity index (χ0v) is 20.4. The molecule has 2 aliphatic heterocycles. The standard InChI is InChI=1S/C23H22F4N4O3S2/c24-17-12-16-18(4-9-34-20(16)13-21(17)36(32,33)30-22-29-7-10-35-22)31-8-3-15(23(25,26)27)11-19(31)14-1-5-28-6-2-14/h1-2,5-7,10,12-13,15,18-19H,3-4,8-9,11H2,(H,29,30)/t15-,18?,19+/m1/s1. The maximum atomic E-state index is 15.2. The number of anilines is 1. The van der Waals surface area contributed by atoms with Gasteiger partial charge in [-0.25, -0.2) is 17.8 Å². The van der Waals surface area contributed by atoms with E-state index in [1.807, 2.05) is 4.90 Å². The molecule has 2 aliphatic rings. The molecule has 0 spiro atoms. The molecule has 192 valence electrons. The highest BCUT2D eigenvalue weighted by Crippen LogP contribution is 2.48. The maximum absolute atomic E-state index is 15.2. The molecule has 1 fully saturated rings. The number of benzene rings is 1. The largest absolute Gasteiger partial charge is 0.493 e. The lowest BCUT2D eigenvalue weighted by atomic mass is 9.84. The Bertz CT molecular complexity index is 1320. The van der Waals surface area contributed by atoms with Crippen molar-refractivity contribution in [2.75, 3.05) is 17.9 Å². The number of fused-ring (bicyclic) bond motifs is 1. The van der Waals surface area contributed by atoms with Crippen LogP contribution in [0.1, 0.15) is 42.5 Å². The SMILES string of the molecule is O=S(=O)(Nc1nccs1)c1cc2c(cc1F)C(N1CC[C@@H](C(F)(F)F)C[C@H]1c1ccncc1)CCO2. The molecule has 13 heteroatoms. The number of pyridine rings is 1. The summed E-state index contributed by atoms with van der Waals surface area (Å²) < 4.78 is 89.6. The second-order valence-corrected chi connectivity index (χ2v) is 11.3. The van der Waals surface area contributed by atoms with Crippen LogP contribution in [-0.4, -0.2) is 42.6 Å². The molecule has 3 atom stereocenters. The highest BCUT2D eigenvalue weighted by atomic mass is 32.2. The van der Waals surface area contributed by atoms with Crippen LogP contribution in [0.25, 0.3) is 0 Å². The van der Waals surface area contributed by atoms with Crippen molar-refractivity contribution in [2.45, 2.75) is 42.4 Å². The quantitative estimate of drug-likeness (QED) is 0.440. The highest BCUT2D eigenvalue weighted by Gasteiger charge is 2.46. The molecule has 0 radical (unpaired) electrons. The minimum absolute atomic E-state index is 0.0789. The van der Waals surface area contributed by atoms with E-state index in [0.29, 0.717) is 17.5 Å². The fraction of sp³-hybridized carbons (Fsp3) is 0.391. The average Bonchev–Trinajstić information content (AvgIpc) is 3.35. The minimum Gasteiger partial charge on any atom is -0.493 e. The number of likely N-dealkylation sites (tertiary alicyclic amines) is 1. The first-order chi connectivity index (χ1) is 17.1. The molecule has 36 heavy (non-hydrogen) atoms. The molecular formula is C23H22F4N4O3S2. The number of halogens is 4. The van der Waals surface area contributed by atoms with Gasteiger partial charge < -0.3 is 4.74 Å². The first kappa shape index (κ1) is 24.9. The van der Waals surface area contributed by atoms with Crippen LogP contribution in [0.3, 0.4) is 0 Å². The summed E-state index contributed by atoms with van der Waals surface area (Å²) in [4.78, 5) is 9.20. The second-order valence-electron chi connectivity index (χ2n) is 8.71. The van der Waals surface area contributed by atoms with Crippen molar-refractivity contribution in [3.05, 3.63) is 65.2 Å². The molecule has 1 N–H and O–H groups in total. The summed E-state index contributed by atoms with van der Waals surface area (Å²) in [6.45, 7) is 0.361. The average molecular weight is 543 g/mol. The van der Waals surface area contributed by atoms with Crippen LogP contribution in [0.2, 0.25) is 0 Å². The van der Waals surface area contributed by atoms with Gasteiger partial charge in [-0.05, 0) is 43.1 Å². The molecule has 4 heterocycles. The molecule has 5 rings (SSSR count). The number of alkyl halides is 3. The number of piperidine rings is 1. The van der Waals surface area contributed by atoms with Crippen LogP contribution >= 0.6 is 11.3 Å². The number of ether oxygens (including phenoxy) is 1. The molecule has 1 saturated heterocycles. The van der Waals surface area contributed by atoms with E-state index in [1.54, 1.807) is 17.5 Å². The van der Waals surface area contributed by atoms with E-state index in [1.165, 1.54) is 18.6 Å². The van der Waals surface area contributed by atoms with Gasteiger partial charge in [0.05, 0.1) is 12.5 Å². The van der Waals surface area contributed by atoms with Gasteiger partial charge in [0.15, 0.2) is 5.13 Å². The third-order valence-corrected chi connectivity index (χ3v) is 8.79. The zero-order chi connectivity index (χ0) is 25.5. The summed E-state index contributed by atoms with van der Waals surface area (Å²) in [5, 5.41) is 1.68. The van der Waals surface area contributed by atoms with E-state index in [4.69, 9.17) is 4.74 Å². The predicted molar refractivity (Wildman–Crippen MR) is 125 cm³/mol. The first-order valence-electron chi connectivity index (χ1n) is 11.2. The Morgan fingerprint density at radius 3 is 2.58 bits per heavy atom. The summed E-state index contributed by atoms with van der Waals surface area (Å²) in [5.41, 5.74) is 1.11. The van der Waals surface area contributed by atoms with Gasteiger partial charge in [-0.3, -0.25) is 14.6 Å². The van der Waals surface area contributed by atoms with Gasteiger partial charge >= 0.3 is 6.18 Å². The summed E-state index contributed by atoms with van der Waals surface area (Å²) in [6.07, 6.45) is 0.390. The van der Waals surface area contributed by atoms with Crippen molar-refractivity contribution in [2.24, 2.45) is 5.92 Å². The maximum Gasteiger partial charge on any atom is 0.391 e. The Balaban J connectivity index is 1.49. The normalized spacial score (nSPS) is 23.1. The molecule has 7 nitrogen and oxygen atoms in total. The second kappa shape index (κ2) is 9.60. The lowest BCUT2D eigenvalue weighted by Crippen LogP contribution is -2.44. The number of aromatic nitrogens is 2. The number of nitrogens with one attached hydrogen (secondary N) is 1. The van der Waals surface area contributed by atoms with Crippen molar-refractivity contribution in [1.29, 1.82) is 0 Å². The number of thiazole rings is 1. The van der Waals surface area contributed by atoms with Gasteiger partial charge in [-0.2, -0.15) is 13.2 Å². The minimum atomic E-state index is -4.31. The van der Waals surface area contributed by atoms with Crippen LogP contribution in [-0.2, 0) is 10.0 Å². The van der Waals surface area contributed by atoms with E-state index in [-0.39, 0.29) is 36.9 Å². The third-order valence-electron chi connectivity index (χ3n) is 6.61. The lowest BCUT2D eigenvalue weighted by Gasteiger charge is -2.46. The fourth-order valence-corrected chi connectivity index (χ4v) is 6.80. The van der Waals surface area contributed by atoms with Gasteiger partial charge in [0.2, 0.25) is 0 Å². The number of rotatable bonds is 5. The molecular weight excluding hydrogens is 520 g/mol. The van der Waals surface area contributed by atoms with E-state index in [0.717, 1.165) is 23.5 Å². The molecule has 3 aromatic rings. The fourth-order valence-electron chi connectivity index (χ4n) is 4.93. The predicted octanol–water partition coefficient (Wildman–Crippen LogP) is 5.32. The monoisotopic (exact) mass is 542 g/mol. The molecule has 0 bridgehead atoms. The molecule has 1 aromatic carbocycles. The van der Waals surface area contributed by atoms with Crippen LogP contribution in [0.5, 0.6) is 5.75 Å². The Morgan fingerprint density at radius 1 is 1.11 bits per heavy atom. The molecule has 2 aromatic heterocycles. The Morgan fingerprint density at radius 2 is 1.89 bits per heavy atom. The lowest BCUT2D eigenvalue weighted by molar-refractivity contribution is -0.192. The van der Waals surface area contributed by atoms with E-state index >= 15 is 4.39 Å². The number of hydrogen-bond donors (Lipinski definition) is 1. The van der Waals surface area contributed by atoms with Crippen LogP contribution in [0, 0.1) is 11.7 Å². The van der Waals surface area contributed by atoms with Gasteiger partial charge in [0, 0.05) is 54.1 Å². The van der Waals surface area contributed by atoms with Crippen molar-refractivity contribution in [3.63, 3.8) is 0 Å². The van der Waals surface area contributed by atoms with Crippen LogP contribution in [0.4, 0.5) is 22.7 Å². The van der Waals surface area contributed by atoms with E-state index < -0.39 is 44.9 Å². The smallest absolute Gasteiger partial charge is 0.391 e. The Hall–Kier alpha value is -2.77. The molecule has 0 aliphatic carbocycles. The Labute approximate surface area is 209 Å². The van der Waals surface area contributed by atoms with E-state index in [2.05, 4.69) is 14.7 Å². The summed E-state index contributed by atoms with van der Waals surface area (Å²) >= 11 is 1.05. The number of nitrogens with zero attached hydrogens (tertiary/aromatic N) is 3. The zero-order valence-electron chi connectivity index (χ0n) is 18.8. The highest BCUT2D eigenvalue weighted by molar-refractivity contribution is 7.93. The van der Waals surface area contributed by atoms with Crippen molar-refractivity contribution in [3.8, 4) is 5.75 Å². The molecule has 0 amide bonds. The van der Waals surface area contributed by atoms with Crippen molar-refractivity contribution < 1.29 is 30.7 Å². The van der Waals surface area contributed by atoms with E-state index in [9.17, 15) is 21.6 Å². The van der Waals surface area contributed by atoms with Gasteiger partial charge in [-0.1, -0.05) is 0 Å². The number of hydrogen-bond acceptors (Lipinski definition) is 7. The topological polar surface area (TPSA) is 84.4 Å². The number of sulfonamides is 1. The molecule has 1 unspecified atom stereocenters. The van der Waals surface area contributed by atoms with Crippen molar-refractivity contribution in [1.82, 2.24) is 14.9 Å². The van der Waals surface area contributed by atoms with Gasteiger partial charge in [-0.15, -0.1) is 11.3 Å². The van der Waals surface area contributed by atoms with Crippen molar-refractivity contribution >= 4 is 26.5 Å². The summed E-state index contributed by atoms with van der Waals surface area (Å²) in [7, 11) is -4.27. The Kier molecular flexibility index (Phi) is 6.64. The van der Waals surface area contributed by atoms with Gasteiger partial charge in [0.25, 0.3) is 10.0 Å².